The van der Waals surface area contributed by atoms with Crippen LogP contribution in [0.4, 0.5) is 20.7 Å². The van der Waals surface area contributed by atoms with E-state index >= 15 is 0 Å². The fourth-order valence-electron chi connectivity index (χ4n) is 2.92. The van der Waals surface area contributed by atoms with Gasteiger partial charge in [-0.25, -0.2) is 27.6 Å². The van der Waals surface area contributed by atoms with Crippen LogP contribution in [0.1, 0.15) is 18.5 Å². The fraction of sp³-hybridized carbons (Fsp3) is 0.190. The van der Waals surface area contributed by atoms with Crippen molar-refractivity contribution in [2.75, 3.05) is 11.1 Å². The van der Waals surface area contributed by atoms with Crippen LogP contribution < -0.4 is 16.4 Å². The molecule has 0 radical (unpaired) electrons. The molecule has 0 saturated heterocycles. The Hall–Kier alpha value is -3.53. The molecule has 4 N–H and O–H groups in total. The van der Waals surface area contributed by atoms with E-state index in [1.54, 1.807) is 24.3 Å². The van der Waals surface area contributed by atoms with E-state index in [1.807, 2.05) is 0 Å². The third kappa shape index (κ3) is 5.34. The molecule has 160 valence electrons. The summed E-state index contributed by atoms with van der Waals surface area (Å²) in [4.78, 5) is 20.3. The number of sulfone groups is 1. The predicted octanol–water partition coefficient (Wildman–Crippen LogP) is 3.12. The van der Waals surface area contributed by atoms with Crippen molar-refractivity contribution in [2.24, 2.45) is 0 Å². The first-order valence-corrected chi connectivity index (χ1v) is 11.2. The number of benzene rings is 2. The Morgan fingerprint density at radius 3 is 2.39 bits per heavy atom. The zero-order valence-electron chi connectivity index (χ0n) is 16.4. The Bertz CT molecular complexity index is 1210. The van der Waals surface area contributed by atoms with E-state index in [1.165, 1.54) is 18.2 Å². The van der Waals surface area contributed by atoms with Gasteiger partial charge in [0.1, 0.15) is 11.6 Å². The summed E-state index contributed by atoms with van der Waals surface area (Å²) in [6, 6.07) is 12.8. The molecule has 8 nitrogen and oxygen atoms in total. The van der Waals surface area contributed by atoms with Gasteiger partial charge in [0.25, 0.3) is 0 Å². The van der Waals surface area contributed by atoms with E-state index in [0.29, 0.717) is 11.3 Å². The Balaban J connectivity index is 1.52. The van der Waals surface area contributed by atoms with Gasteiger partial charge in [-0.05, 0) is 61.4 Å². The van der Waals surface area contributed by atoms with E-state index in [0.717, 1.165) is 25.0 Å². The minimum Gasteiger partial charge on any atom is -0.384 e. The number of anilines is 2. The summed E-state index contributed by atoms with van der Waals surface area (Å²) in [5.74, 6) is -0.534. The van der Waals surface area contributed by atoms with Gasteiger partial charge in [0, 0.05) is 23.4 Å². The van der Waals surface area contributed by atoms with Gasteiger partial charge in [0.15, 0.2) is 15.7 Å². The summed E-state index contributed by atoms with van der Waals surface area (Å²) in [5.41, 5.74) is 7.30. The van der Waals surface area contributed by atoms with Gasteiger partial charge < -0.3 is 16.4 Å². The van der Waals surface area contributed by atoms with Gasteiger partial charge in [-0.1, -0.05) is 0 Å². The lowest BCUT2D eigenvalue weighted by Gasteiger charge is -2.09. The summed E-state index contributed by atoms with van der Waals surface area (Å²) in [6.45, 7) is 0. The van der Waals surface area contributed by atoms with Crippen LogP contribution in [0, 0.1) is 5.82 Å². The first-order chi connectivity index (χ1) is 14.8. The Morgan fingerprint density at radius 2 is 1.74 bits per heavy atom. The third-order valence-electron chi connectivity index (χ3n) is 4.62. The van der Waals surface area contributed by atoms with E-state index in [9.17, 15) is 17.6 Å². The van der Waals surface area contributed by atoms with Gasteiger partial charge in [0.05, 0.1) is 16.3 Å². The number of halogens is 1. The number of carbonyl (C=O) groups excluding carboxylic acids is 1. The molecule has 1 heterocycles. The van der Waals surface area contributed by atoms with E-state index < -0.39 is 21.4 Å². The minimum atomic E-state index is -3.74. The number of rotatable bonds is 6. The second-order valence-corrected chi connectivity index (χ2v) is 9.26. The first kappa shape index (κ1) is 20.7. The SMILES string of the molecule is Nc1cc(CS(=O)(=O)c2ccc(F)cc2)nc(-c2ccc(NC(=O)NC3CC3)cc2)n1. The average Bonchev–Trinajstić information content (AvgIpc) is 3.52. The lowest BCUT2D eigenvalue weighted by atomic mass is 10.2. The summed E-state index contributed by atoms with van der Waals surface area (Å²) in [5, 5.41) is 5.58. The molecule has 0 aliphatic heterocycles. The molecule has 1 aliphatic rings. The van der Waals surface area contributed by atoms with Crippen molar-refractivity contribution in [1.82, 2.24) is 15.3 Å². The van der Waals surface area contributed by atoms with Crippen LogP contribution in [0.2, 0.25) is 0 Å². The maximum atomic E-state index is 13.1. The number of hydrogen-bond donors (Lipinski definition) is 3. The van der Waals surface area contributed by atoms with Crippen molar-refractivity contribution in [3.05, 3.63) is 66.1 Å². The molecule has 1 aromatic heterocycles. The van der Waals surface area contributed by atoms with Gasteiger partial charge in [-0.15, -0.1) is 0 Å². The summed E-state index contributed by atoms with van der Waals surface area (Å²) in [7, 11) is -3.74. The lowest BCUT2D eigenvalue weighted by molar-refractivity contribution is 0.251. The maximum absolute atomic E-state index is 13.1. The van der Waals surface area contributed by atoms with Crippen LogP contribution in [0.25, 0.3) is 11.4 Å². The Kier molecular flexibility index (Phi) is 5.55. The maximum Gasteiger partial charge on any atom is 0.319 e. The van der Waals surface area contributed by atoms with Gasteiger partial charge in [-0.2, -0.15) is 0 Å². The summed E-state index contributed by atoms with van der Waals surface area (Å²) in [6.07, 6.45) is 2.00. The summed E-state index contributed by atoms with van der Waals surface area (Å²) < 4.78 is 38.4. The Morgan fingerprint density at radius 1 is 1.06 bits per heavy atom. The van der Waals surface area contributed by atoms with E-state index in [4.69, 9.17) is 5.73 Å². The molecule has 0 atom stereocenters. The highest BCUT2D eigenvalue weighted by atomic mass is 32.2. The zero-order chi connectivity index (χ0) is 22.0. The molecule has 2 aromatic carbocycles. The number of carbonyl (C=O) groups is 1. The number of amides is 2. The van der Waals surface area contributed by atoms with Crippen molar-refractivity contribution < 1.29 is 17.6 Å². The molecule has 1 aliphatic carbocycles. The number of nitrogens with two attached hydrogens (primary N) is 1. The number of nitrogen functional groups attached to an aromatic ring is 1. The molecule has 0 spiro atoms. The second-order valence-electron chi connectivity index (χ2n) is 7.27. The standard InChI is InChI=1S/C21H20FN5O3S/c22-14-3-9-18(10-4-14)31(29,30)12-17-11-19(23)27-20(24-17)13-1-5-15(6-2-13)25-21(28)26-16-7-8-16/h1-6,9-11,16H,7-8,12H2,(H2,23,24,27)(H2,25,26,28). The predicted molar refractivity (Wildman–Crippen MR) is 114 cm³/mol. The van der Waals surface area contributed by atoms with Crippen LogP contribution in [-0.4, -0.2) is 30.5 Å². The smallest absolute Gasteiger partial charge is 0.319 e. The number of hydrogen-bond acceptors (Lipinski definition) is 6. The number of urea groups is 1. The highest BCUT2D eigenvalue weighted by molar-refractivity contribution is 7.90. The molecular weight excluding hydrogens is 421 g/mol. The van der Waals surface area contributed by atoms with Crippen LogP contribution in [0.3, 0.4) is 0 Å². The van der Waals surface area contributed by atoms with Gasteiger partial charge in [-0.3, -0.25) is 0 Å². The second kappa shape index (κ2) is 8.31. The highest BCUT2D eigenvalue weighted by Crippen LogP contribution is 2.23. The van der Waals surface area contributed by atoms with Crippen LogP contribution in [-0.2, 0) is 15.6 Å². The van der Waals surface area contributed by atoms with Gasteiger partial charge in [0.2, 0.25) is 0 Å². The van der Waals surface area contributed by atoms with Crippen molar-refractivity contribution in [2.45, 2.75) is 29.5 Å². The van der Waals surface area contributed by atoms with Crippen LogP contribution >= 0.6 is 0 Å². The number of nitrogens with one attached hydrogen (secondary N) is 2. The first-order valence-electron chi connectivity index (χ1n) is 9.58. The molecule has 1 saturated carbocycles. The largest absolute Gasteiger partial charge is 0.384 e. The highest BCUT2D eigenvalue weighted by Gasteiger charge is 2.23. The van der Waals surface area contributed by atoms with E-state index in [-0.39, 0.29) is 34.3 Å². The van der Waals surface area contributed by atoms with Crippen LogP contribution in [0.15, 0.2) is 59.5 Å². The summed E-state index contributed by atoms with van der Waals surface area (Å²) >= 11 is 0. The molecule has 1 fully saturated rings. The molecule has 0 bridgehead atoms. The Labute approximate surface area is 178 Å². The monoisotopic (exact) mass is 441 g/mol. The number of nitrogens with zero attached hydrogens (tertiary/aromatic N) is 2. The van der Waals surface area contributed by atoms with Crippen molar-refractivity contribution >= 4 is 27.4 Å². The normalized spacial score (nSPS) is 13.6. The fourth-order valence-corrected chi connectivity index (χ4v) is 4.18. The molecule has 3 aromatic rings. The molecule has 2 amide bonds. The molecule has 10 heteroatoms. The number of aromatic nitrogens is 2. The third-order valence-corrected chi connectivity index (χ3v) is 6.29. The van der Waals surface area contributed by atoms with Crippen molar-refractivity contribution in [3.63, 3.8) is 0 Å². The average molecular weight is 441 g/mol. The topological polar surface area (TPSA) is 127 Å². The minimum absolute atomic E-state index is 0.00691. The van der Waals surface area contributed by atoms with Gasteiger partial charge >= 0.3 is 6.03 Å². The quantitative estimate of drug-likeness (QED) is 0.505. The zero-order valence-corrected chi connectivity index (χ0v) is 17.2. The molecular formula is C21H20FN5O3S. The van der Waals surface area contributed by atoms with Crippen LogP contribution in [0.5, 0.6) is 0 Å². The molecule has 4 rings (SSSR count). The molecule has 0 unspecified atom stereocenters. The van der Waals surface area contributed by atoms with Crippen molar-refractivity contribution in [1.29, 1.82) is 0 Å². The lowest BCUT2D eigenvalue weighted by Crippen LogP contribution is -2.30. The van der Waals surface area contributed by atoms with E-state index in [2.05, 4.69) is 20.6 Å². The van der Waals surface area contributed by atoms with Crippen molar-refractivity contribution in [3.8, 4) is 11.4 Å². The molecule has 31 heavy (non-hydrogen) atoms.